The second kappa shape index (κ2) is 6.25. The molecule has 0 atom stereocenters. The fourth-order valence-electron chi connectivity index (χ4n) is 2.14. The van der Waals surface area contributed by atoms with E-state index >= 15 is 0 Å². The quantitative estimate of drug-likeness (QED) is 0.632. The van der Waals surface area contributed by atoms with Crippen LogP contribution in [-0.4, -0.2) is 0 Å². The predicted octanol–water partition coefficient (Wildman–Crippen LogP) is 5.79. The minimum Gasteiger partial charge on any atom is -0.380 e. The summed E-state index contributed by atoms with van der Waals surface area (Å²) < 4.78 is 1.17. The Morgan fingerprint density at radius 2 is 1.60 bits per heavy atom. The molecule has 3 heteroatoms. The van der Waals surface area contributed by atoms with E-state index in [0.717, 1.165) is 6.54 Å². The highest BCUT2D eigenvalue weighted by atomic mass is 79.9. The van der Waals surface area contributed by atoms with Gasteiger partial charge in [-0.3, -0.25) is 0 Å². The van der Waals surface area contributed by atoms with E-state index < -0.39 is 0 Å². The molecule has 0 bridgehead atoms. The van der Waals surface area contributed by atoms with Gasteiger partial charge in [0.05, 0.1) is 3.79 Å². The van der Waals surface area contributed by atoms with Crippen LogP contribution in [0.15, 0.2) is 70.5 Å². The summed E-state index contributed by atoms with van der Waals surface area (Å²) in [6.07, 6.45) is 0. The molecule has 3 rings (SSSR count). The van der Waals surface area contributed by atoms with Crippen LogP contribution in [0.25, 0.3) is 11.1 Å². The first-order valence-electron chi connectivity index (χ1n) is 6.45. The molecule has 20 heavy (non-hydrogen) atoms. The number of nitrogens with one attached hydrogen (secondary N) is 1. The molecule has 1 N–H and O–H groups in total. The zero-order valence-electron chi connectivity index (χ0n) is 10.8. The third-order valence-corrected chi connectivity index (χ3v) is 4.72. The Morgan fingerprint density at radius 1 is 0.850 bits per heavy atom. The van der Waals surface area contributed by atoms with Crippen molar-refractivity contribution < 1.29 is 0 Å². The predicted molar refractivity (Wildman–Crippen MR) is 91.2 cm³/mol. The van der Waals surface area contributed by atoms with Gasteiger partial charge in [0.15, 0.2) is 0 Å². The van der Waals surface area contributed by atoms with Crippen LogP contribution in [0, 0.1) is 0 Å². The van der Waals surface area contributed by atoms with Gasteiger partial charge in [-0.2, -0.15) is 0 Å². The van der Waals surface area contributed by atoms with Gasteiger partial charge in [-0.05, 0) is 39.7 Å². The molecule has 0 aliphatic rings. The van der Waals surface area contributed by atoms with Gasteiger partial charge in [-0.25, -0.2) is 0 Å². The van der Waals surface area contributed by atoms with Gasteiger partial charge < -0.3 is 5.32 Å². The van der Waals surface area contributed by atoms with E-state index in [4.69, 9.17) is 0 Å². The number of thiophene rings is 1. The van der Waals surface area contributed by atoms with Crippen molar-refractivity contribution in [3.8, 4) is 11.1 Å². The van der Waals surface area contributed by atoms with Gasteiger partial charge in [0.2, 0.25) is 0 Å². The van der Waals surface area contributed by atoms with Gasteiger partial charge in [-0.1, -0.05) is 48.5 Å². The monoisotopic (exact) mass is 343 g/mol. The third kappa shape index (κ3) is 3.11. The van der Waals surface area contributed by atoms with E-state index in [9.17, 15) is 0 Å². The van der Waals surface area contributed by atoms with E-state index in [0.29, 0.717) is 0 Å². The van der Waals surface area contributed by atoms with Crippen molar-refractivity contribution in [2.45, 2.75) is 6.54 Å². The third-order valence-electron chi connectivity index (χ3n) is 3.09. The molecule has 3 aromatic rings. The molecule has 0 aliphatic carbocycles. The molecule has 0 spiro atoms. The van der Waals surface area contributed by atoms with Crippen molar-refractivity contribution in [3.63, 3.8) is 0 Å². The van der Waals surface area contributed by atoms with Gasteiger partial charge in [0.25, 0.3) is 0 Å². The normalized spacial score (nSPS) is 10.4. The van der Waals surface area contributed by atoms with Crippen molar-refractivity contribution in [1.29, 1.82) is 0 Å². The fourth-order valence-corrected chi connectivity index (χ4v) is 3.56. The highest BCUT2D eigenvalue weighted by Gasteiger charge is 2.04. The number of rotatable bonds is 4. The summed E-state index contributed by atoms with van der Waals surface area (Å²) in [6, 6.07) is 23.1. The van der Waals surface area contributed by atoms with Crippen LogP contribution in [0.1, 0.15) is 4.88 Å². The van der Waals surface area contributed by atoms with Crippen molar-refractivity contribution in [2.75, 3.05) is 5.32 Å². The van der Waals surface area contributed by atoms with Crippen LogP contribution in [0.5, 0.6) is 0 Å². The molecule has 0 unspecified atom stereocenters. The SMILES string of the molecule is Brc1ccc(CNc2ccccc2-c2ccccc2)s1. The second-order valence-electron chi connectivity index (χ2n) is 4.47. The summed E-state index contributed by atoms with van der Waals surface area (Å²) in [5.41, 5.74) is 3.65. The first kappa shape index (κ1) is 13.4. The summed E-state index contributed by atoms with van der Waals surface area (Å²) in [5, 5.41) is 3.53. The maximum atomic E-state index is 3.53. The fraction of sp³-hybridized carbons (Fsp3) is 0.0588. The Morgan fingerprint density at radius 3 is 2.35 bits per heavy atom. The van der Waals surface area contributed by atoms with Crippen molar-refractivity contribution in [2.24, 2.45) is 0 Å². The number of hydrogen-bond acceptors (Lipinski definition) is 2. The van der Waals surface area contributed by atoms with E-state index in [1.54, 1.807) is 11.3 Å². The zero-order chi connectivity index (χ0) is 13.8. The van der Waals surface area contributed by atoms with Crippen LogP contribution in [-0.2, 0) is 6.54 Å². The highest BCUT2D eigenvalue weighted by molar-refractivity contribution is 9.11. The van der Waals surface area contributed by atoms with E-state index in [2.05, 4.69) is 81.9 Å². The lowest BCUT2D eigenvalue weighted by Crippen LogP contribution is -1.99. The van der Waals surface area contributed by atoms with Gasteiger partial charge >= 0.3 is 0 Å². The molecule has 1 aromatic heterocycles. The first-order chi connectivity index (χ1) is 9.83. The van der Waals surface area contributed by atoms with Crippen molar-refractivity contribution in [3.05, 3.63) is 75.4 Å². The molecule has 0 aliphatic heterocycles. The Hall–Kier alpha value is -1.58. The van der Waals surface area contributed by atoms with Gasteiger partial charge in [0.1, 0.15) is 0 Å². The summed E-state index contributed by atoms with van der Waals surface area (Å²) in [4.78, 5) is 1.32. The number of para-hydroxylation sites is 1. The van der Waals surface area contributed by atoms with Crippen molar-refractivity contribution in [1.82, 2.24) is 0 Å². The van der Waals surface area contributed by atoms with Crippen LogP contribution >= 0.6 is 27.3 Å². The lowest BCUT2D eigenvalue weighted by Gasteiger charge is -2.11. The Kier molecular flexibility index (Phi) is 4.19. The van der Waals surface area contributed by atoms with Crippen LogP contribution in [0.2, 0.25) is 0 Å². The average molecular weight is 344 g/mol. The van der Waals surface area contributed by atoms with E-state index in [1.165, 1.54) is 25.5 Å². The maximum absolute atomic E-state index is 3.53. The molecule has 0 saturated carbocycles. The number of hydrogen-bond donors (Lipinski definition) is 1. The summed E-state index contributed by atoms with van der Waals surface area (Å²) in [7, 11) is 0. The number of benzene rings is 2. The first-order valence-corrected chi connectivity index (χ1v) is 8.06. The second-order valence-corrected chi connectivity index (χ2v) is 7.02. The smallest absolute Gasteiger partial charge is 0.0702 e. The average Bonchev–Trinajstić information content (AvgIpc) is 2.92. The molecule has 0 fully saturated rings. The molecule has 2 aromatic carbocycles. The minimum atomic E-state index is 0.847. The lowest BCUT2D eigenvalue weighted by atomic mass is 10.0. The molecule has 1 nitrogen and oxygen atoms in total. The Bertz CT molecular complexity index is 691. The topological polar surface area (TPSA) is 12.0 Å². The molecular formula is C17H14BrNS. The van der Waals surface area contributed by atoms with E-state index in [1.807, 2.05) is 6.07 Å². The van der Waals surface area contributed by atoms with Crippen LogP contribution in [0.4, 0.5) is 5.69 Å². The standard InChI is InChI=1S/C17H14BrNS/c18-17-11-10-14(20-17)12-19-16-9-5-4-8-15(16)13-6-2-1-3-7-13/h1-11,19H,12H2. The molecule has 100 valence electrons. The number of halogens is 1. The summed E-state index contributed by atoms with van der Waals surface area (Å²) in [5.74, 6) is 0. The molecule has 0 amide bonds. The van der Waals surface area contributed by atoms with E-state index in [-0.39, 0.29) is 0 Å². The molecular weight excluding hydrogens is 330 g/mol. The van der Waals surface area contributed by atoms with Gasteiger partial charge in [0, 0.05) is 22.7 Å². The van der Waals surface area contributed by atoms with Crippen LogP contribution < -0.4 is 5.32 Å². The number of anilines is 1. The van der Waals surface area contributed by atoms with Crippen LogP contribution in [0.3, 0.4) is 0 Å². The minimum absolute atomic E-state index is 0.847. The van der Waals surface area contributed by atoms with Crippen molar-refractivity contribution >= 4 is 33.0 Å². The Balaban J connectivity index is 1.83. The molecule has 1 heterocycles. The Labute approximate surface area is 131 Å². The maximum Gasteiger partial charge on any atom is 0.0702 e. The molecule has 0 saturated heterocycles. The summed E-state index contributed by atoms with van der Waals surface area (Å²) in [6.45, 7) is 0.847. The largest absolute Gasteiger partial charge is 0.380 e. The van der Waals surface area contributed by atoms with Gasteiger partial charge in [-0.15, -0.1) is 11.3 Å². The molecule has 0 radical (unpaired) electrons. The highest BCUT2D eigenvalue weighted by Crippen LogP contribution is 2.29. The zero-order valence-corrected chi connectivity index (χ0v) is 13.2. The lowest BCUT2D eigenvalue weighted by molar-refractivity contribution is 1.19. The summed E-state index contributed by atoms with van der Waals surface area (Å²) >= 11 is 5.26.